The van der Waals surface area contributed by atoms with Crippen LogP contribution in [0.1, 0.15) is 56.1 Å². The molecular weight excluding hydrogens is 405 g/mol. The normalized spacial score (nSPS) is 17.9. The number of thiazole rings is 1. The quantitative estimate of drug-likeness (QED) is 0.599. The van der Waals surface area contributed by atoms with Gasteiger partial charge in [-0.15, -0.1) is 11.3 Å². The summed E-state index contributed by atoms with van der Waals surface area (Å²) in [6.45, 7) is 5.95. The summed E-state index contributed by atoms with van der Waals surface area (Å²) in [5, 5.41) is 4.34. The van der Waals surface area contributed by atoms with Crippen LogP contribution < -0.4 is 0 Å². The fourth-order valence-electron chi connectivity index (χ4n) is 3.82. The van der Waals surface area contributed by atoms with Crippen LogP contribution in [0.5, 0.6) is 0 Å². The van der Waals surface area contributed by atoms with Crippen LogP contribution in [0.2, 0.25) is 0 Å². The number of pyridine rings is 1. The standard InChI is InChI=1S/C19H19F3N4O2S/c1-9-15-13(19(20,21)22)7-14(24-17(15)28-25-9)12-5-4-6-26(8-12)18(27)16-10(2)23-11(3)29-16/h7,12H,4-6,8H2,1-3H3/t12-/m0/s1. The first kappa shape index (κ1) is 19.8. The highest BCUT2D eigenvalue weighted by atomic mass is 32.1. The maximum absolute atomic E-state index is 13.6. The number of fused-ring (bicyclic) bond motifs is 1. The summed E-state index contributed by atoms with van der Waals surface area (Å²) >= 11 is 1.33. The predicted molar refractivity (Wildman–Crippen MR) is 101 cm³/mol. The molecule has 0 saturated carbocycles. The summed E-state index contributed by atoms with van der Waals surface area (Å²) in [6, 6.07) is 1.08. The summed E-state index contributed by atoms with van der Waals surface area (Å²) in [6.07, 6.45) is -3.22. The SMILES string of the molecule is Cc1nc(C)c(C(=O)N2CCC[C@H](c3cc(C(F)(F)F)c4c(C)noc4n3)C2)s1. The van der Waals surface area contributed by atoms with E-state index >= 15 is 0 Å². The Balaban J connectivity index is 1.67. The Labute approximate surface area is 168 Å². The fourth-order valence-corrected chi connectivity index (χ4v) is 4.71. The molecule has 0 N–H and O–H groups in total. The van der Waals surface area contributed by atoms with Gasteiger partial charge in [0.05, 0.1) is 33.0 Å². The van der Waals surface area contributed by atoms with E-state index in [1.807, 2.05) is 6.92 Å². The first-order valence-corrected chi connectivity index (χ1v) is 10.0. The van der Waals surface area contributed by atoms with Gasteiger partial charge < -0.3 is 9.42 Å². The number of hydrogen-bond acceptors (Lipinski definition) is 6. The Morgan fingerprint density at radius 2 is 2.00 bits per heavy atom. The zero-order chi connectivity index (χ0) is 20.9. The summed E-state index contributed by atoms with van der Waals surface area (Å²) in [4.78, 5) is 23.8. The molecule has 0 unspecified atom stereocenters. The van der Waals surface area contributed by atoms with E-state index < -0.39 is 11.7 Å². The van der Waals surface area contributed by atoms with Gasteiger partial charge in [0.25, 0.3) is 11.6 Å². The van der Waals surface area contributed by atoms with Crippen molar-refractivity contribution in [2.75, 3.05) is 13.1 Å². The summed E-state index contributed by atoms with van der Waals surface area (Å²) < 4.78 is 45.9. The highest BCUT2D eigenvalue weighted by Crippen LogP contribution is 2.38. The number of piperidine rings is 1. The van der Waals surface area contributed by atoms with Gasteiger partial charge in [-0.05, 0) is 39.7 Å². The number of halogens is 3. The minimum Gasteiger partial charge on any atom is -0.337 e. The number of likely N-dealkylation sites (tertiary alicyclic amines) is 1. The van der Waals surface area contributed by atoms with Crippen LogP contribution in [-0.2, 0) is 6.18 Å². The van der Waals surface area contributed by atoms with E-state index in [2.05, 4.69) is 15.1 Å². The fraction of sp³-hybridized carbons (Fsp3) is 0.474. The first-order valence-electron chi connectivity index (χ1n) is 9.22. The molecule has 1 amide bonds. The third-order valence-electron chi connectivity index (χ3n) is 5.17. The van der Waals surface area contributed by atoms with Crippen LogP contribution >= 0.6 is 11.3 Å². The zero-order valence-electron chi connectivity index (χ0n) is 16.1. The number of carbonyl (C=O) groups is 1. The third-order valence-corrected chi connectivity index (χ3v) is 6.23. The molecule has 3 aromatic rings. The van der Waals surface area contributed by atoms with Gasteiger partial charge in [0.2, 0.25) is 0 Å². The van der Waals surface area contributed by atoms with Crippen LogP contribution in [0.3, 0.4) is 0 Å². The van der Waals surface area contributed by atoms with Crippen molar-refractivity contribution >= 4 is 28.3 Å². The Hall–Kier alpha value is -2.49. The minimum atomic E-state index is -4.55. The van der Waals surface area contributed by atoms with Crippen LogP contribution in [0.4, 0.5) is 13.2 Å². The molecule has 1 saturated heterocycles. The molecule has 3 aromatic heterocycles. The number of hydrogen-bond donors (Lipinski definition) is 0. The molecule has 4 heterocycles. The number of nitrogens with zero attached hydrogens (tertiary/aromatic N) is 4. The minimum absolute atomic E-state index is 0.110. The molecular formula is C19H19F3N4O2S. The van der Waals surface area contributed by atoms with E-state index in [1.165, 1.54) is 18.3 Å². The highest BCUT2D eigenvalue weighted by Gasteiger charge is 2.37. The Bertz CT molecular complexity index is 1090. The van der Waals surface area contributed by atoms with E-state index in [9.17, 15) is 18.0 Å². The van der Waals surface area contributed by atoms with E-state index in [0.717, 1.165) is 11.1 Å². The molecule has 0 aromatic carbocycles. The van der Waals surface area contributed by atoms with Gasteiger partial charge in [0, 0.05) is 19.0 Å². The molecule has 0 aliphatic carbocycles. The van der Waals surface area contributed by atoms with E-state index in [-0.39, 0.29) is 34.3 Å². The van der Waals surface area contributed by atoms with Crippen LogP contribution in [0.25, 0.3) is 11.1 Å². The maximum atomic E-state index is 13.6. The average molecular weight is 424 g/mol. The lowest BCUT2D eigenvalue weighted by Gasteiger charge is -2.32. The molecule has 154 valence electrons. The van der Waals surface area contributed by atoms with Gasteiger partial charge in [-0.3, -0.25) is 4.79 Å². The molecule has 0 radical (unpaired) electrons. The number of aryl methyl sites for hydroxylation is 3. The molecule has 1 aliphatic rings. The number of alkyl halides is 3. The second-order valence-electron chi connectivity index (χ2n) is 7.28. The van der Waals surface area contributed by atoms with Crippen LogP contribution in [0, 0.1) is 20.8 Å². The van der Waals surface area contributed by atoms with Crippen molar-refractivity contribution in [3.05, 3.63) is 38.6 Å². The van der Waals surface area contributed by atoms with E-state index in [4.69, 9.17) is 4.52 Å². The van der Waals surface area contributed by atoms with E-state index in [0.29, 0.717) is 36.5 Å². The van der Waals surface area contributed by atoms with Crippen molar-refractivity contribution in [1.29, 1.82) is 0 Å². The Morgan fingerprint density at radius 1 is 1.24 bits per heavy atom. The molecule has 1 atom stereocenters. The molecule has 29 heavy (non-hydrogen) atoms. The van der Waals surface area contributed by atoms with Crippen molar-refractivity contribution in [3.63, 3.8) is 0 Å². The summed E-state index contributed by atoms with van der Waals surface area (Å²) in [5.74, 6) is -0.441. The second kappa shape index (κ2) is 7.08. The topological polar surface area (TPSA) is 72.1 Å². The monoisotopic (exact) mass is 424 g/mol. The maximum Gasteiger partial charge on any atom is 0.417 e. The average Bonchev–Trinajstić information content (AvgIpc) is 3.21. The highest BCUT2D eigenvalue weighted by molar-refractivity contribution is 7.13. The molecule has 1 aliphatic heterocycles. The molecule has 0 spiro atoms. The smallest absolute Gasteiger partial charge is 0.337 e. The summed E-state index contributed by atoms with van der Waals surface area (Å²) in [5.41, 5.74) is 0.188. The molecule has 6 nitrogen and oxygen atoms in total. The van der Waals surface area contributed by atoms with Crippen molar-refractivity contribution < 1.29 is 22.5 Å². The zero-order valence-corrected chi connectivity index (χ0v) is 16.9. The number of aromatic nitrogens is 3. The lowest BCUT2D eigenvalue weighted by molar-refractivity contribution is -0.136. The molecule has 10 heteroatoms. The number of carbonyl (C=O) groups excluding carboxylic acids is 1. The molecule has 4 rings (SSSR count). The van der Waals surface area contributed by atoms with Crippen LogP contribution in [0.15, 0.2) is 10.6 Å². The van der Waals surface area contributed by atoms with Crippen LogP contribution in [-0.4, -0.2) is 39.0 Å². The van der Waals surface area contributed by atoms with Gasteiger partial charge in [-0.25, -0.2) is 9.97 Å². The van der Waals surface area contributed by atoms with Gasteiger partial charge >= 0.3 is 6.18 Å². The molecule has 0 bridgehead atoms. The lowest BCUT2D eigenvalue weighted by atomic mass is 9.92. The van der Waals surface area contributed by atoms with Gasteiger partial charge in [-0.1, -0.05) is 5.16 Å². The Morgan fingerprint density at radius 3 is 2.66 bits per heavy atom. The van der Waals surface area contributed by atoms with Crippen molar-refractivity contribution in [2.45, 2.75) is 45.7 Å². The largest absolute Gasteiger partial charge is 0.417 e. The van der Waals surface area contributed by atoms with E-state index in [1.54, 1.807) is 11.8 Å². The lowest BCUT2D eigenvalue weighted by Crippen LogP contribution is -2.39. The first-order chi connectivity index (χ1) is 13.6. The summed E-state index contributed by atoms with van der Waals surface area (Å²) in [7, 11) is 0. The van der Waals surface area contributed by atoms with Gasteiger partial charge in [0.1, 0.15) is 4.88 Å². The number of amides is 1. The van der Waals surface area contributed by atoms with Crippen molar-refractivity contribution in [3.8, 4) is 0 Å². The molecule has 1 fully saturated rings. The van der Waals surface area contributed by atoms with Gasteiger partial charge in [-0.2, -0.15) is 13.2 Å². The van der Waals surface area contributed by atoms with Crippen molar-refractivity contribution in [2.24, 2.45) is 0 Å². The Kier molecular flexibility index (Phi) is 4.84. The van der Waals surface area contributed by atoms with Crippen molar-refractivity contribution in [1.82, 2.24) is 20.0 Å². The second-order valence-corrected chi connectivity index (χ2v) is 8.48. The number of rotatable bonds is 2. The third kappa shape index (κ3) is 3.61. The predicted octanol–water partition coefficient (Wildman–Crippen LogP) is 4.64. The van der Waals surface area contributed by atoms with Gasteiger partial charge in [0.15, 0.2) is 0 Å².